The Bertz CT molecular complexity index is 394. The molecule has 1 saturated carbocycles. The second kappa shape index (κ2) is 6.92. The molecule has 3 nitrogen and oxygen atoms in total. The molecule has 1 aliphatic rings. The van der Waals surface area contributed by atoms with Crippen LogP contribution in [0.1, 0.15) is 44.2 Å². The second-order valence-corrected chi connectivity index (χ2v) is 5.48. The molecule has 1 aromatic carbocycles. The van der Waals surface area contributed by atoms with E-state index in [0.29, 0.717) is 18.6 Å². The molecule has 0 spiro atoms. The van der Waals surface area contributed by atoms with Gasteiger partial charge >= 0.3 is 0 Å². The van der Waals surface area contributed by atoms with Gasteiger partial charge in [-0.3, -0.25) is 0 Å². The molecule has 0 aliphatic heterocycles. The highest BCUT2D eigenvalue weighted by Crippen LogP contribution is 2.28. The molecule has 0 heterocycles. The average molecular weight is 263 g/mol. The van der Waals surface area contributed by atoms with Gasteiger partial charge in [0.25, 0.3) is 0 Å². The normalized spacial score (nSPS) is 25.0. The zero-order valence-electron chi connectivity index (χ0n) is 12.0. The minimum atomic E-state index is -0.120. The van der Waals surface area contributed by atoms with E-state index in [2.05, 4.69) is 6.92 Å². The summed E-state index contributed by atoms with van der Waals surface area (Å²) in [5.41, 5.74) is 7.25. The Kier molecular flexibility index (Phi) is 5.23. The van der Waals surface area contributed by atoms with Gasteiger partial charge in [0.05, 0.1) is 25.9 Å². The molecule has 19 heavy (non-hydrogen) atoms. The monoisotopic (exact) mass is 263 g/mol. The molecule has 0 bridgehead atoms. The predicted octanol–water partition coefficient (Wildman–Crippen LogP) is 3.29. The van der Waals surface area contributed by atoms with E-state index >= 15 is 0 Å². The van der Waals surface area contributed by atoms with E-state index in [4.69, 9.17) is 15.2 Å². The van der Waals surface area contributed by atoms with Gasteiger partial charge in [0.2, 0.25) is 0 Å². The highest BCUT2D eigenvalue weighted by Gasteiger charge is 2.23. The van der Waals surface area contributed by atoms with Crippen LogP contribution in [0.2, 0.25) is 0 Å². The molecule has 1 fully saturated rings. The van der Waals surface area contributed by atoms with E-state index in [1.807, 2.05) is 24.3 Å². The van der Waals surface area contributed by atoms with Crippen LogP contribution in [-0.2, 0) is 4.74 Å². The SMILES string of the molecule is COc1ccccc1C(N)COC1CCCCC1C. The van der Waals surface area contributed by atoms with Crippen molar-refractivity contribution in [3.05, 3.63) is 29.8 Å². The van der Waals surface area contributed by atoms with Crippen LogP contribution < -0.4 is 10.5 Å². The first-order chi connectivity index (χ1) is 9.22. The number of hydrogen-bond donors (Lipinski definition) is 1. The molecule has 0 aromatic heterocycles. The lowest BCUT2D eigenvalue weighted by Crippen LogP contribution is -2.29. The van der Waals surface area contributed by atoms with Gasteiger partial charge in [-0.2, -0.15) is 0 Å². The molecular formula is C16H25NO2. The number of ether oxygens (including phenoxy) is 2. The van der Waals surface area contributed by atoms with E-state index in [1.165, 1.54) is 25.7 Å². The Morgan fingerprint density at radius 1 is 1.26 bits per heavy atom. The van der Waals surface area contributed by atoms with Crippen molar-refractivity contribution in [3.63, 3.8) is 0 Å². The van der Waals surface area contributed by atoms with Crippen LogP contribution in [0, 0.1) is 5.92 Å². The van der Waals surface area contributed by atoms with Gasteiger partial charge in [-0.1, -0.05) is 38.0 Å². The van der Waals surface area contributed by atoms with Gasteiger partial charge in [-0.05, 0) is 24.8 Å². The topological polar surface area (TPSA) is 44.5 Å². The molecule has 0 saturated heterocycles. The van der Waals surface area contributed by atoms with Crippen molar-refractivity contribution in [3.8, 4) is 5.75 Å². The summed E-state index contributed by atoms with van der Waals surface area (Å²) >= 11 is 0. The van der Waals surface area contributed by atoms with E-state index in [0.717, 1.165) is 11.3 Å². The molecule has 3 unspecified atom stereocenters. The van der Waals surface area contributed by atoms with Gasteiger partial charge in [0.1, 0.15) is 5.75 Å². The van der Waals surface area contributed by atoms with E-state index in [9.17, 15) is 0 Å². The fourth-order valence-electron chi connectivity index (χ4n) is 2.82. The lowest BCUT2D eigenvalue weighted by Gasteiger charge is -2.30. The largest absolute Gasteiger partial charge is 0.496 e. The molecule has 0 amide bonds. The number of rotatable bonds is 5. The lowest BCUT2D eigenvalue weighted by atomic mass is 9.88. The minimum absolute atomic E-state index is 0.120. The molecule has 1 aromatic rings. The Labute approximate surface area is 116 Å². The fraction of sp³-hybridized carbons (Fsp3) is 0.625. The van der Waals surface area contributed by atoms with Gasteiger partial charge < -0.3 is 15.2 Å². The second-order valence-electron chi connectivity index (χ2n) is 5.48. The summed E-state index contributed by atoms with van der Waals surface area (Å²) in [6.45, 7) is 2.84. The summed E-state index contributed by atoms with van der Waals surface area (Å²) in [5.74, 6) is 1.49. The summed E-state index contributed by atoms with van der Waals surface area (Å²) in [6.07, 6.45) is 5.42. The van der Waals surface area contributed by atoms with Crippen molar-refractivity contribution >= 4 is 0 Å². The third-order valence-electron chi connectivity index (χ3n) is 4.06. The standard InChI is InChI=1S/C16H25NO2/c1-12-7-3-5-9-15(12)19-11-14(17)13-8-4-6-10-16(13)18-2/h4,6,8,10,12,14-15H,3,5,7,9,11,17H2,1-2H3. The van der Waals surface area contributed by atoms with Crippen molar-refractivity contribution in [2.75, 3.05) is 13.7 Å². The molecule has 2 N–H and O–H groups in total. The summed E-state index contributed by atoms with van der Waals surface area (Å²) < 4.78 is 11.4. The summed E-state index contributed by atoms with van der Waals surface area (Å²) in [6, 6.07) is 7.78. The first kappa shape index (κ1) is 14.4. The highest BCUT2D eigenvalue weighted by atomic mass is 16.5. The number of para-hydroxylation sites is 1. The van der Waals surface area contributed by atoms with Gasteiger partial charge in [0, 0.05) is 5.56 Å². The van der Waals surface area contributed by atoms with Crippen LogP contribution in [0.3, 0.4) is 0 Å². The fourth-order valence-corrected chi connectivity index (χ4v) is 2.82. The van der Waals surface area contributed by atoms with Crippen LogP contribution >= 0.6 is 0 Å². The molecule has 3 atom stereocenters. The maximum atomic E-state index is 6.23. The Morgan fingerprint density at radius 2 is 2.00 bits per heavy atom. The van der Waals surface area contributed by atoms with Crippen LogP contribution in [-0.4, -0.2) is 19.8 Å². The van der Waals surface area contributed by atoms with Crippen molar-refractivity contribution in [1.29, 1.82) is 0 Å². The van der Waals surface area contributed by atoms with Gasteiger partial charge in [-0.15, -0.1) is 0 Å². The molecule has 0 radical (unpaired) electrons. The molecule has 1 aliphatic carbocycles. The predicted molar refractivity (Wildman–Crippen MR) is 77.3 cm³/mol. The number of hydrogen-bond acceptors (Lipinski definition) is 3. The van der Waals surface area contributed by atoms with Crippen molar-refractivity contribution < 1.29 is 9.47 Å². The third-order valence-corrected chi connectivity index (χ3v) is 4.06. The van der Waals surface area contributed by atoms with E-state index in [1.54, 1.807) is 7.11 Å². The zero-order valence-corrected chi connectivity index (χ0v) is 12.0. The third kappa shape index (κ3) is 3.71. The van der Waals surface area contributed by atoms with Crippen molar-refractivity contribution in [2.24, 2.45) is 11.7 Å². The van der Waals surface area contributed by atoms with Crippen LogP contribution in [0.5, 0.6) is 5.75 Å². The number of nitrogens with two attached hydrogens (primary N) is 1. The maximum absolute atomic E-state index is 6.23. The maximum Gasteiger partial charge on any atom is 0.123 e. The molecule has 2 rings (SSSR count). The Morgan fingerprint density at radius 3 is 2.74 bits per heavy atom. The summed E-state index contributed by atoms with van der Waals surface area (Å²) in [5, 5.41) is 0. The van der Waals surface area contributed by atoms with Crippen molar-refractivity contribution in [1.82, 2.24) is 0 Å². The molecule has 106 valence electrons. The van der Waals surface area contributed by atoms with Crippen LogP contribution in [0.4, 0.5) is 0 Å². The smallest absolute Gasteiger partial charge is 0.123 e. The van der Waals surface area contributed by atoms with Gasteiger partial charge in [0.15, 0.2) is 0 Å². The number of benzene rings is 1. The highest BCUT2D eigenvalue weighted by molar-refractivity contribution is 5.35. The van der Waals surface area contributed by atoms with Crippen LogP contribution in [0.15, 0.2) is 24.3 Å². The summed E-state index contributed by atoms with van der Waals surface area (Å²) in [7, 11) is 1.68. The van der Waals surface area contributed by atoms with Gasteiger partial charge in [-0.25, -0.2) is 0 Å². The lowest BCUT2D eigenvalue weighted by molar-refractivity contribution is -0.0115. The Hall–Kier alpha value is -1.06. The molecule has 3 heteroatoms. The average Bonchev–Trinajstić information content (AvgIpc) is 2.46. The van der Waals surface area contributed by atoms with Crippen LogP contribution in [0.25, 0.3) is 0 Å². The number of methoxy groups -OCH3 is 1. The van der Waals surface area contributed by atoms with E-state index < -0.39 is 0 Å². The zero-order chi connectivity index (χ0) is 13.7. The molecular weight excluding hydrogens is 238 g/mol. The first-order valence-electron chi connectivity index (χ1n) is 7.22. The van der Waals surface area contributed by atoms with Crippen molar-refractivity contribution in [2.45, 2.75) is 44.8 Å². The summed E-state index contributed by atoms with van der Waals surface area (Å²) in [4.78, 5) is 0. The quantitative estimate of drug-likeness (QED) is 0.886. The first-order valence-corrected chi connectivity index (χ1v) is 7.22. The van der Waals surface area contributed by atoms with E-state index in [-0.39, 0.29) is 6.04 Å². The minimum Gasteiger partial charge on any atom is -0.496 e. The Balaban J connectivity index is 1.91.